The number of halogens is 1. The molecule has 0 aliphatic heterocycles. The molecule has 3 rings (SSSR count). The van der Waals surface area contributed by atoms with Crippen molar-refractivity contribution in [3.63, 3.8) is 0 Å². The van der Waals surface area contributed by atoms with Crippen LogP contribution in [0, 0.1) is 12.1 Å². The second kappa shape index (κ2) is 5.31. The standard InChI is InChI=1S/C13H12FN4S.Ir/c1-13(2,3)18-10(14)6-15-11(18)8-4-9-12(16-5-8)19-7-17-9;/h4,6-7H,1-3H3;/q-1;. The summed E-state index contributed by atoms with van der Waals surface area (Å²) in [6.07, 6.45) is 4.13. The molecule has 0 aromatic carbocycles. The smallest absolute Gasteiger partial charge is 0.204 e. The molecular formula is C13H12FIrN4S-. The van der Waals surface area contributed by atoms with Crippen LogP contribution in [0.2, 0.25) is 0 Å². The zero-order valence-corrected chi connectivity index (χ0v) is 14.4. The molecule has 0 unspecified atom stereocenters. The molecule has 20 heavy (non-hydrogen) atoms. The minimum atomic E-state index is -0.402. The Morgan fingerprint density at radius 3 is 2.75 bits per heavy atom. The summed E-state index contributed by atoms with van der Waals surface area (Å²) in [6.45, 7) is 5.78. The van der Waals surface area contributed by atoms with Gasteiger partial charge in [-0.2, -0.15) is 15.7 Å². The summed E-state index contributed by atoms with van der Waals surface area (Å²) >= 11 is 1.45. The number of fused-ring (bicyclic) bond motifs is 1. The van der Waals surface area contributed by atoms with Crippen molar-refractivity contribution in [1.82, 2.24) is 19.5 Å². The summed E-state index contributed by atoms with van der Waals surface area (Å²) in [5.41, 5.74) is 2.76. The van der Waals surface area contributed by atoms with Crippen LogP contribution in [0.25, 0.3) is 21.7 Å². The molecule has 0 fully saturated rings. The third-order valence-corrected chi connectivity index (χ3v) is 3.50. The van der Waals surface area contributed by atoms with E-state index in [1.54, 1.807) is 10.1 Å². The molecular weight excluding hydrogens is 455 g/mol. The van der Waals surface area contributed by atoms with Crippen LogP contribution in [0.4, 0.5) is 4.39 Å². The second-order valence-corrected chi connectivity index (χ2v) is 6.07. The van der Waals surface area contributed by atoms with Crippen molar-refractivity contribution in [2.45, 2.75) is 26.3 Å². The van der Waals surface area contributed by atoms with Crippen molar-refractivity contribution < 1.29 is 24.5 Å². The number of hydrogen-bond donors (Lipinski definition) is 0. The Balaban J connectivity index is 0.00000147. The van der Waals surface area contributed by atoms with Crippen molar-refractivity contribution in [3.05, 3.63) is 29.9 Å². The van der Waals surface area contributed by atoms with E-state index in [1.807, 2.05) is 26.8 Å². The Bertz CT molecular complexity index is 744. The molecule has 0 aliphatic carbocycles. The van der Waals surface area contributed by atoms with Crippen molar-refractivity contribution in [1.29, 1.82) is 0 Å². The fourth-order valence-corrected chi connectivity index (χ4v) is 2.58. The third-order valence-electron chi connectivity index (χ3n) is 2.76. The van der Waals surface area contributed by atoms with Crippen LogP contribution in [0.3, 0.4) is 0 Å². The van der Waals surface area contributed by atoms with Gasteiger partial charge in [0, 0.05) is 31.2 Å². The molecule has 0 amide bonds. The molecule has 0 bridgehead atoms. The first kappa shape index (κ1) is 15.2. The van der Waals surface area contributed by atoms with Crippen molar-refractivity contribution in [3.8, 4) is 11.4 Å². The van der Waals surface area contributed by atoms with E-state index in [9.17, 15) is 4.39 Å². The van der Waals surface area contributed by atoms with Crippen LogP contribution in [-0.4, -0.2) is 19.5 Å². The van der Waals surface area contributed by atoms with Gasteiger partial charge in [0.1, 0.15) is 0 Å². The Morgan fingerprint density at radius 1 is 1.30 bits per heavy atom. The number of aromatic nitrogens is 4. The van der Waals surface area contributed by atoms with Gasteiger partial charge >= 0.3 is 0 Å². The van der Waals surface area contributed by atoms with E-state index in [-0.39, 0.29) is 26.1 Å². The minimum Gasteiger partial charge on any atom is -0.340 e. The Morgan fingerprint density at radius 2 is 2.05 bits per heavy atom. The Hall–Kier alpha value is -1.17. The molecule has 0 N–H and O–H groups in total. The summed E-state index contributed by atoms with van der Waals surface area (Å²) in [5.74, 6) is 0.154. The molecule has 0 saturated carbocycles. The van der Waals surface area contributed by atoms with Gasteiger partial charge < -0.3 is 9.55 Å². The van der Waals surface area contributed by atoms with Gasteiger partial charge in [-0.15, -0.1) is 6.07 Å². The summed E-state index contributed by atoms with van der Waals surface area (Å²) in [5, 5.41) is 0. The largest absolute Gasteiger partial charge is 0.340 e. The fourth-order valence-electron chi connectivity index (χ4n) is 1.98. The maximum absolute atomic E-state index is 13.9. The van der Waals surface area contributed by atoms with Crippen LogP contribution in [0.1, 0.15) is 20.8 Å². The maximum atomic E-state index is 13.9. The number of thiazole rings is 1. The Labute approximate surface area is 133 Å². The van der Waals surface area contributed by atoms with Gasteiger partial charge in [-0.25, -0.2) is 0 Å². The van der Waals surface area contributed by atoms with E-state index < -0.39 is 5.54 Å². The second-order valence-electron chi connectivity index (χ2n) is 5.24. The zero-order chi connectivity index (χ0) is 13.6. The zero-order valence-electron chi connectivity index (χ0n) is 11.1. The molecule has 3 heterocycles. The van der Waals surface area contributed by atoms with E-state index in [2.05, 4.69) is 21.1 Å². The number of nitrogens with zero attached hydrogens (tertiary/aromatic N) is 4. The van der Waals surface area contributed by atoms with Crippen LogP contribution in [-0.2, 0) is 25.6 Å². The minimum absolute atomic E-state index is 0. The van der Waals surface area contributed by atoms with E-state index in [0.29, 0.717) is 11.4 Å². The fraction of sp³-hybridized carbons (Fsp3) is 0.308. The van der Waals surface area contributed by atoms with E-state index in [0.717, 1.165) is 10.3 Å². The topological polar surface area (TPSA) is 43.6 Å². The number of rotatable bonds is 1. The average molecular weight is 468 g/mol. The first-order valence-electron chi connectivity index (χ1n) is 5.83. The maximum Gasteiger partial charge on any atom is 0.204 e. The number of hydrogen-bond acceptors (Lipinski definition) is 4. The predicted molar refractivity (Wildman–Crippen MR) is 72.4 cm³/mol. The van der Waals surface area contributed by atoms with Gasteiger partial charge in [-0.1, -0.05) is 5.56 Å². The van der Waals surface area contributed by atoms with Crippen LogP contribution >= 0.6 is 11.3 Å². The van der Waals surface area contributed by atoms with Crippen LogP contribution in [0.15, 0.2) is 17.8 Å². The molecule has 0 saturated heterocycles. The molecule has 7 heteroatoms. The van der Waals surface area contributed by atoms with Crippen molar-refractivity contribution in [2.75, 3.05) is 0 Å². The Kier molecular flexibility index (Phi) is 4.04. The predicted octanol–water partition coefficient (Wildman–Crippen LogP) is 3.25. The molecule has 1 radical (unpaired) electrons. The average Bonchev–Trinajstić information content (AvgIpc) is 2.92. The first-order chi connectivity index (χ1) is 8.97. The van der Waals surface area contributed by atoms with Crippen LogP contribution < -0.4 is 0 Å². The van der Waals surface area contributed by atoms with E-state index in [4.69, 9.17) is 0 Å². The SMILES string of the molecule is CC(C)(C)n1c(F)cnc1-c1[c-]nc2scnc2c1.[Ir]. The molecule has 0 atom stereocenters. The molecule has 0 aliphatic rings. The van der Waals surface area contributed by atoms with Gasteiger partial charge in [0.15, 0.2) is 0 Å². The number of imidazole rings is 1. The summed E-state index contributed by atoms with van der Waals surface area (Å²) in [6, 6.07) is 1.84. The van der Waals surface area contributed by atoms with Gasteiger partial charge in [0.05, 0.1) is 22.4 Å². The van der Waals surface area contributed by atoms with Crippen LogP contribution in [0.5, 0.6) is 0 Å². The molecule has 0 spiro atoms. The van der Waals surface area contributed by atoms with Gasteiger partial charge in [0.2, 0.25) is 5.95 Å². The van der Waals surface area contributed by atoms with Gasteiger partial charge in [-0.05, 0) is 27.0 Å². The molecule has 107 valence electrons. The summed E-state index contributed by atoms with van der Waals surface area (Å²) in [7, 11) is 0. The first-order valence-corrected chi connectivity index (χ1v) is 6.71. The van der Waals surface area contributed by atoms with Gasteiger partial charge in [-0.3, -0.25) is 9.97 Å². The summed E-state index contributed by atoms with van der Waals surface area (Å²) in [4.78, 5) is 13.4. The monoisotopic (exact) mass is 468 g/mol. The molecule has 3 aromatic heterocycles. The molecule has 4 nitrogen and oxygen atoms in total. The quantitative estimate of drug-likeness (QED) is 0.516. The third kappa shape index (κ3) is 2.53. The van der Waals surface area contributed by atoms with Gasteiger partial charge in [0.25, 0.3) is 0 Å². The van der Waals surface area contributed by atoms with Crippen molar-refractivity contribution >= 4 is 21.7 Å². The molecule has 3 aromatic rings. The number of pyridine rings is 1. The summed E-state index contributed by atoms with van der Waals surface area (Å²) < 4.78 is 15.4. The normalized spacial score (nSPS) is 11.6. The van der Waals surface area contributed by atoms with Crippen molar-refractivity contribution in [2.24, 2.45) is 0 Å². The van der Waals surface area contributed by atoms with E-state index >= 15 is 0 Å². The van der Waals surface area contributed by atoms with E-state index in [1.165, 1.54) is 17.5 Å².